The molecule has 0 aliphatic rings. The first-order valence-electron chi connectivity index (χ1n) is 7.84. The molecule has 26 heavy (non-hydrogen) atoms. The molecule has 0 radical (unpaired) electrons. The van der Waals surface area contributed by atoms with Crippen LogP contribution in [0.25, 0.3) is 22.2 Å². The lowest BCUT2D eigenvalue weighted by atomic mass is 10.2. The molecule has 0 aliphatic carbocycles. The van der Waals surface area contributed by atoms with Crippen LogP contribution in [0.4, 0.5) is 0 Å². The Hall–Kier alpha value is -3.26. The highest BCUT2D eigenvalue weighted by atomic mass is 32.2. The van der Waals surface area contributed by atoms with Crippen molar-refractivity contribution in [2.75, 3.05) is 0 Å². The Morgan fingerprint density at radius 1 is 0.846 bits per heavy atom. The average Bonchev–Trinajstić information content (AvgIpc) is 2.67. The van der Waals surface area contributed by atoms with E-state index in [9.17, 15) is 9.59 Å². The van der Waals surface area contributed by atoms with Crippen molar-refractivity contribution in [2.24, 2.45) is 0 Å². The predicted octanol–water partition coefficient (Wildman–Crippen LogP) is 2.36. The molecule has 0 saturated carbocycles. The maximum Gasteiger partial charge on any atom is 0.278 e. The maximum atomic E-state index is 12.2. The smallest absolute Gasteiger partial charge is 0.278 e. The lowest BCUT2D eigenvalue weighted by molar-refractivity contribution is 0.823. The summed E-state index contributed by atoms with van der Waals surface area (Å²) in [5, 5.41) is 8.98. The van der Waals surface area contributed by atoms with Crippen LogP contribution in [0.5, 0.6) is 0 Å². The summed E-state index contributed by atoms with van der Waals surface area (Å²) >= 11 is 1.25. The van der Waals surface area contributed by atoms with Crippen LogP contribution in [-0.4, -0.2) is 25.1 Å². The summed E-state index contributed by atoms with van der Waals surface area (Å²) in [4.78, 5) is 34.2. The largest absolute Gasteiger partial charge is 0.309 e. The van der Waals surface area contributed by atoms with E-state index in [1.165, 1.54) is 11.8 Å². The van der Waals surface area contributed by atoms with Crippen molar-refractivity contribution < 1.29 is 0 Å². The molecule has 0 amide bonds. The maximum absolute atomic E-state index is 12.2. The molecule has 0 spiro atoms. The number of benzene rings is 2. The molecular weight excluding hydrogens is 350 g/mol. The fraction of sp³-hybridized carbons (Fsp3) is 0.0556. The van der Waals surface area contributed by atoms with Crippen LogP contribution in [0, 0.1) is 0 Å². The van der Waals surface area contributed by atoms with Gasteiger partial charge in [0, 0.05) is 5.56 Å². The molecule has 0 aliphatic heterocycles. The highest BCUT2D eigenvalue weighted by Crippen LogP contribution is 2.17. The van der Waals surface area contributed by atoms with Crippen LogP contribution in [0.3, 0.4) is 0 Å². The third kappa shape index (κ3) is 3.27. The molecule has 0 atom stereocenters. The quantitative estimate of drug-likeness (QED) is 0.539. The van der Waals surface area contributed by atoms with Gasteiger partial charge in [-0.2, -0.15) is 0 Å². The second-order valence-electron chi connectivity index (χ2n) is 5.49. The fourth-order valence-electron chi connectivity index (χ4n) is 2.51. The van der Waals surface area contributed by atoms with Crippen LogP contribution < -0.4 is 11.1 Å². The minimum Gasteiger partial charge on any atom is -0.309 e. The molecular formula is C18H13N5O2S. The molecule has 8 heteroatoms. The Morgan fingerprint density at radius 3 is 2.42 bits per heavy atom. The molecule has 2 heterocycles. The van der Waals surface area contributed by atoms with Crippen molar-refractivity contribution in [3.8, 4) is 11.3 Å². The minimum absolute atomic E-state index is 0.190. The van der Waals surface area contributed by atoms with Crippen molar-refractivity contribution >= 4 is 22.7 Å². The highest BCUT2D eigenvalue weighted by Gasteiger charge is 2.09. The van der Waals surface area contributed by atoms with E-state index in [1.54, 1.807) is 30.3 Å². The zero-order valence-corrected chi connectivity index (χ0v) is 14.3. The molecule has 4 aromatic rings. The lowest BCUT2D eigenvalue weighted by Crippen LogP contribution is -2.14. The molecule has 2 N–H and O–H groups in total. The monoisotopic (exact) mass is 363 g/mol. The number of fused-ring (bicyclic) bond motifs is 1. The molecule has 128 valence electrons. The number of thioether (sulfide) groups is 1. The highest BCUT2D eigenvalue weighted by molar-refractivity contribution is 7.98. The Bertz CT molecular complexity index is 1190. The summed E-state index contributed by atoms with van der Waals surface area (Å²) in [7, 11) is 0. The van der Waals surface area contributed by atoms with E-state index >= 15 is 0 Å². The van der Waals surface area contributed by atoms with E-state index in [0.29, 0.717) is 33.2 Å². The minimum atomic E-state index is -0.311. The molecule has 2 aromatic heterocycles. The Labute approximate surface area is 151 Å². The Morgan fingerprint density at radius 2 is 1.62 bits per heavy atom. The second kappa shape index (κ2) is 6.93. The summed E-state index contributed by atoms with van der Waals surface area (Å²) in [6.07, 6.45) is 0. The summed E-state index contributed by atoms with van der Waals surface area (Å²) in [5.41, 5.74) is 1.11. The van der Waals surface area contributed by atoms with E-state index < -0.39 is 0 Å². The molecule has 0 unspecified atom stereocenters. The van der Waals surface area contributed by atoms with Gasteiger partial charge in [0.1, 0.15) is 5.82 Å². The summed E-state index contributed by atoms with van der Waals surface area (Å²) in [5.74, 6) is 0.864. The molecule has 0 saturated heterocycles. The normalized spacial score (nSPS) is 10.9. The SMILES string of the molecule is O=c1[nH]c(SCc2nc3ccccc3c(=O)[nH]2)nnc1-c1ccccc1. The Kier molecular flexibility index (Phi) is 4.32. The van der Waals surface area contributed by atoms with E-state index in [-0.39, 0.29) is 16.8 Å². The third-order valence-corrected chi connectivity index (χ3v) is 4.61. The number of nitrogens with one attached hydrogen (secondary N) is 2. The average molecular weight is 363 g/mol. The number of H-pyrrole nitrogens is 2. The summed E-state index contributed by atoms with van der Waals surface area (Å²) in [6, 6.07) is 16.3. The predicted molar refractivity (Wildman–Crippen MR) is 100 cm³/mol. The van der Waals surface area contributed by atoms with Crippen molar-refractivity contribution in [2.45, 2.75) is 10.9 Å². The van der Waals surface area contributed by atoms with Crippen molar-refractivity contribution in [3.05, 3.63) is 81.1 Å². The topological polar surface area (TPSA) is 104 Å². The van der Waals surface area contributed by atoms with Crippen LogP contribution >= 0.6 is 11.8 Å². The Balaban J connectivity index is 1.56. The zero-order chi connectivity index (χ0) is 17.9. The van der Waals surface area contributed by atoms with Gasteiger partial charge in [-0.25, -0.2) is 4.98 Å². The number of aromatic nitrogens is 5. The number of hydrogen-bond donors (Lipinski definition) is 2. The summed E-state index contributed by atoms with van der Waals surface area (Å²) in [6.45, 7) is 0. The van der Waals surface area contributed by atoms with Gasteiger partial charge in [-0.3, -0.25) is 14.6 Å². The van der Waals surface area contributed by atoms with Gasteiger partial charge in [0.15, 0.2) is 10.9 Å². The van der Waals surface area contributed by atoms with Gasteiger partial charge in [-0.05, 0) is 12.1 Å². The van der Waals surface area contributed by atoms with Crippen LogP contribution in [0.1, 0.15) is 5.82 Å². The van der Waals surface area contributed by atoms with Gasteiger partial charge in [0.25, 0.3) is 11.1 Å². The fourth-order valence-corrected chi connectivity index (χ4v) is 3.19. The first-order chi connectivity index (χ1) is 12.7. The zero-order valence-electron chi connectivity index (χ0n) is 13.5. The van der Waals surface area contributed by atoms with Gasteiger partial charge in [-0.1, -0.05) is 54.2 Å². The molecule has 2 aromatic carbocycles. The lowest BCUT2D eigenvalue weighted by Gasteiger charge is -2.03. The third-order valence-electron chi connectivity index (χ3n) is 3.73. The van der Waals surface area contributed by atoms with Crippen LogP contribution in [0.2, 0.25) is 0 Å². The standard InChI is InChI=1S/C18H13N5O2S/c24-16-12-8-4-5-9-13(12)19-14(20-16)10-26-18-21-17(25)15(22-23-18)11-6-2-1-3-7-11/h1-9H,10H2,(H,19,20,24)(H,21,23,25). The number of para-hydroxylation sites is 1. The van der Waals surface area contributed by atoms with Gasteiger partial charge < -0.3 is 4.98 Å². The van der Waals surface area contributed by atoms with Gasteiger partial charge >= 0.3 is 0 Å². The van der Waals surface area contributed by atoms with Gasteiger partial charge in [-0.15, -0.1) is 10.2 Å². The first kappa shape index (κ1) is 16.2. The van der Waals surface area contributed by atoms with Gasteiger partial charge in [0.05, 0.1) is 16.7 Å². The van der Waals surface area contributed by atoms with E-state index in [4.69, 9.17) is 0 Å². The van der Waals surface area contributed by atoms with Crippen molar-refractivity contribution in [1.29, 1.82) is 0 Å². The number of nitrogens with zero attached hydrogens (tertiary/aromatic N) is 3. The molecule has 7 nitrogen and oxygen atoms in total. The number of aromatic amines is 2. The van der Waals surface area contributed by atoms with Crippen molar-refractivity contribution in [1.82, 2.24) is 25.1 Å². The van der Waals surface area contributed by atoms with Crippen LogP contribution in [-0.2, 0) is 5.75 Å². The van der Waals surface area contributed by atoms with E-state index in [2.05, 4.69) is 25.1 Å². The number of rotatable bonds is 4. The van der Waals surface area contributed by atoms with Crippen molar-refractivity contribution in [3.63, 3.8) is 0 Å². The number of hydrogen-bond acceptors (Lipinski definition) is 6. The molecule has 4 rings (SSSR count). The second-order valence-corrected chi connectivity index (χ2v) is 6.46. The molecule has 0 fully saturated rings. The first-order valence-corrected chi connectivity index (χ1v) is 8.82. The van der Waals surface area contributed by atoms with Crippen LogP contribution in [0.15, 0.2) is 69.3 Å². The van der Waals surface area contributed by atoms with Gasteiger partial charge in [0.2, 0.25) is 0 Å². The summed E-state index contributed by atoms with van der Waals surface area (Å²) < 4.78 is 0. The van der Waals surface area contributed by atoms with E-state index in [1.807, 2.05) is 24.3 Å². The molecule has 0 bridgehead atoms. The van der Waals surface area contributed by atoms with E-state index in [0.717, 1.165) is 0 Å².